The van der Waals surface area contributed by atoms with Gasteiger partial charge in [0.2, 0.25) is 0 Å². The van der Waals surface area contributed by atoms with Crippen molar-refractivity contribution < 1.29 is 4.42 Å². The lowest BCUT2D eigenvalue weighted by molar-refractivity contribution is 0.492. The van der Waals surface area contributed by atoms with Crippen molar-refractivity contribution in [1.82, 2.24) is 15.0 Å². The molecule has 0 bridgehead atoms. The zero-order valence-corrected chi connectivity index (χ0v) is 6.53. The summed E-state index contributed by atoms with van der Waals surface area (Å²) in [6.07, 6.45) is 8.42. The van der Waals surface area contributed by atoms with E-state index in [1.807, 2.05) is 6.20 Å². The maximum Gasteiger partial charge on any atom is 0.194 e. The van der Waals surface area contributed by atoms with Gasteiger partial charge < -0.3 is 9.40 Å². The summed E-state index contributed by atoms with van der Waals surface area (Å²) in [7, 11) is 0. The van der Waals surface area contributed by atoms with Gasteiger partial charge in [0.15, 0.2) is 5.89 Å². The summed E-state index contributed by atoms with van der Waals surface area (Å²) in [5.41, 5.74) is 0. The van der Waals surface area contributed by atoms with E-state index in [1.165, 1.54) is 0 Å². The van der Waals surface area contributed by atoms with E-state index in [0.29, 0.717) is 0 Å². The lowest BCUT2D eigenvalue weighted by Gasteiger charge is -1.91. The predicted molar refractivity (Wildman–Crippen MR) is 42.5 cm³/mol. The Bertz CT molecular complexity index is 278. The molecule has 0 atom stereocenters. The molecular weight excluding hydrogens is 154 g/mol. The number of aromatic amines is 1. The SMILES string of the molecule is c1c[nH]c(CCc2ncco2)n1. The molecule has 2 aromatic heterocycles. The fourth-order valence-corrected chi connectivity index (χ4v) is 1.04. The molecule has 0 amide bonds. The number of rotatable bonds is 3. The molecule has 1 N–H and O–H groups in total. The van der Waals surface area contributed by atoms with Gasteiger partial charge in [-0.2, -0.15) is 0 Å². The smallest absolute Gasteiger partial charge is 0.194 e. The van der Waals surface area contributed by atoms with E-state index < -0.39 is 0 Å². The second kappa shape index (κ2) is 3.21. The van der Waals surface area contributed by atoms with Crippen molar-refractivity contribution >= 4 is 0 Å². The molecule has 62 valence electrons. The maximum absolute atomic E-state index is 5.08. The average molecular weight is 163 g/mol. The minimum Gasteiger partial charge on any atom is -0.449 e. The first kappa shape index (κ1) is 7.09. The number of hydrogen-bond donors (Lipinski definition) is 1. The van der Waals surface area contributed by atoms with Gasteiger partial charge in [0.1, 0.15) is 12.1 Å². The lowest BCUT2D eigenvalue weighted by Crippen LogP contribution is -1.92. The van der Waals surface area contributed by atoms with Crippen molar-refractivity contribution in [1.29, 1.82) is 0 Å². The van der Waals surface area contributed by atoms with Crippen LogP contribution < -0.4 is 0 Å². The van der Waals surface area contributed by atoms with Gasteiger partial charge in [-0.3, -0.25) is 0 Å². The molecule has 0 fully saturated rings. The number of aryl methyl sites for hydroxylation is 2. The molecule has 0 aromatic carbocycles. The van der Waals surface area contributed by atoms with Gasteiger partial charge in [-0.1, -0.05) is 0 Å². The van der Waals surface area contributed by atoms with E-state index in [0.717, 1.165) is 24.6 Å². The topological polar surface area (TPSA) is 54.7 Å². The summed E-state index contributed by atoms with van der Waals surface area (Å²) < 4.78 is 5.08. The summed E-state index contributed by atoms with van der Waals surface area (Å²) in [5.74, 6) is 1.72. The van der Waals surface area contributed by atoms with Crippen molar-refractivity contribution in [2.45, 2.75) is 12.8 Å². The highest BCUT2D eigenvalue weighted by molar-refractivity contribution is 4.91. The van der Waals surface area contributed by atoms with Crippen LogP contribution in [0, 0.1) is 0 Å². The van der Waals surface area contributed by atoms with Crippen molar-refractivity contribution in [3.05, 3.63) is 36.6 Å². The van der Waals surface area contributed by atoms with Crippen LogP contribution >= 0.6 is 0 Å². The van der Waals surface area contributed by atoms with Gasteiger partial charge in [0.25, 0.3) is 0 Å². The molecule has 12 heavy (non-hydrogen) atoms. The quantitative estimate of drug-likeness (QED) is 0.739. The zero-order chi connectivity index (χ0) is 8.23. The first-order valence-electron chi connectivity index (χ1n) is 3.82. The standard InChI is InChI=1S/C8H9N3O/c1(7-9-3-4-10-7)2-8-11-5-6-12-8/h3-6H,1-2H2,(H,9,10). The molecule has 0 aliphatic carbocycles. The number of aromatic nitrogens is 3. The molecule has 0 radical (unpaired) electrons. The first-order valence-corrected chi connectivity index (χ1v) is 3.82. The molecule has 4 nitrogen and oxygen atoms in total. The van der Waals surface area contributed by atoms with E-state index in [1.54, 1.807) is 18.7 Å². The largest absolute Gasteiger partial charge is 0.449 e. The van der Waals surface area contributed by atoms with Crippen LogP contribution in [0.15, 0.2) is 29.3 Å². The van der Waals surface area contributed by atoms with Gasteiger partial charge in [0, 0.05) is 25.2 Å². The van der Waals surface area contributed by atoms with Crippen LogP contribution in [-0.2, 0) is 12.8 Å². The molecule has 2 aromatic rings. The summed E-state index contributed by atoms with van der Waals surface area (Å²) in [6, 6.07) is 0. The first-order chi connectivity index (χ1) is 5.95. The average Bonchev–Trinajstić information content (AvgIpc) is 2.74. The minimum atomic E-state index is 0.756. The third-order valence-electron chi connectivity index (χ3n) is 1.61. The highest BCUT2D eigenvalue weighted by Gasteiger charge is 1.99. The van der Waals surface area contributed by atoms with Gasteiger partial charge in [0.05, 0.1) is 6.20 Å². The number of oxazole rings is 1. The van der Waals surface area contributed by atoms with E-state index in [9.17, 15) is 0 Å². The Balaban J connectivity index is 1.91. The fourth-order valence-electron chi connectivity index (χ4n) is 1.04. The predicted octanol–water partition coefficient (Wildman–Crippen LogP) is 1.18. The molecule has 0 saturated heterocycles. The molecule has 4 heteroatoms. The van der Waals surface area contributed by atoms with Crippen molar-refractivity contribution in [3.63, 3.8) is 0 Å². The van der Waals surface area contributed by atoms with Gasteiger partial charge >= 0.3 is 0 Å². The molecule has 0 aliphatic rings. The van der Waals surface area contributed by atoms with Crippen molar-refractivity contribution in [2.24, 2.45) is 0 Å². The Morgan fingerprint density at radius 1 is 1.25 bits per heavy atom. The molecule has 2 rings (SSSR count). The Labute approximate surface area is 69.7 Å². The number of nitrogens with one attached hydrogen (secondary N) is 1. The van der Waals surface area contributed by atoms with Crippen molar-refractivity contribution in [3.8, 4) is 0 Å². The Morgan fingerprint density at radius 3 is 2.92 bits per heavy atom. The monoisotopic (exact) mass is 163 g/mol. The maximum atomic E-state index is 5.08. The normalized spacial score (nSPS) is 10.3. The molecule has 0 aliphatic heterocycles. The van der Waals surface area contributed by atoms with Gasteiger partial charge in [-0.25, -0.2) is 9.97 Å². The van der Waals surface area contributed by atoms with Crippen molar-refractivity contribution in [2.75, 3.05) is 0 Å². The summed E-state index contributed by atoms with van der Waals surface area (Å²) >= 11 is 0. The number of hydrogen-bond acceptors (Lipinski definition) is 3. The molecule has 0 spiro atoms. The van der Waals surface area contributed by atoms with E-state index in [-0.39, 0.29) is 0 Å². The van der Waals surface area contributed by atoms with E-state index in [2.05, 4.69) is 15.0 Å². The summed E-state index contributed by atoms with van der Waals surface area (Å²) in [6.45, 7) is 0. The Hall–Kier alpha value is -1.58. The number of imidazole rings is 1. The highest BCUT2D eigenvalue weighted by Crippen LogP contribution is 2.00. The Kier molecular flexibility index (Phi) is 1.90. The molecule has 2 heterocycles. The summed E-state index contributed by atoms with van der Waals surface area (Å²) in [4.78, 5) is 11.1. The Morgan fingerprint density at radius 2 is 2.25 bits per heavy atom. The molecule has 0 unspecified atom stereocenters. The van der Waals surface area contributed by atoms with Crippen LogP contribution in [0.3, 0.4) is 0 Å². The zero-order valence-electron chi connectivity index (χ0n) is 6.53. The second-order valence-electron chi connectivity index (χ2n) is 2.46. The van der Waals surface area contributed by atoms with E-state index in [4.69, 9.17) is 4.42 Å². The van der Waals surface area contributed by atoms with Gasteiger partial charge in [-0.15, -0.1) is 0 Å². The molecule has 0 saturated carbocycles. The van der Waals surface area contributed by atoms with Gasteiger partial charge in [-0.05, 0) is 0 Å². The van der Waals surface area contributed by atoms with Crippen LogP contribution in [-0.4, -0.2) is 15.0 Å². The third kappa shape index (κ3) is 1.53. The van der Waals surface area contributed by atoms with Crippen LogP contribution in [0.1, 0.15) is 11.7 Å². The highest BCUT2D eigenvalue weighted by atomic mass is 16.3. The van der Waals surface area contributed by atoms with E-state index >= 15 is 0 Å². The van der Waals surface area contributed by atoms with Crippen LogP contribution in [0.2, 0.25) is 0 Å². The number of nitrogens with zero attached hydrogens (tertiary/aromatic N) is 2. The van der Waals surface area contributed by atoms with Crippen LogP contribution in [0.5, 0.6) is 0 Å². The van der Waals surface area contributed by atoms with Crippen LogP contribution in [0.25, 0.3) is 0 Å². The third-order valence-corrected chi connectivity index (χ3v) is 1.61. The second-order valence-corrected chi connectivity index (χ2v) is 2.46. The molecular formula is C8H9N3O. The summed E-state index contributed by atoms with van der Waals surface area (Å²) in [5, 5.41) is 0. The lowest BCUT2D eigenvalue weighted by atomic mass is 10.3. The minimum absolute atomic E-state index is 0.756. The van der Waals surface area contributed by atoms with Crippen LogP contribution in [0.4, 0.5) is 0 Å². The fraction of sp³-hybridized carbons (Fsp3) is 0.250. The number of H-pyrrole nitrogens is 1.